The van der Waals surface area contributed by atoms with E-state index in [0.717, 1.165) is 24.1 Å². The number of aryl methyl sites for hydroxylation is 3. The van der Waals surface area contributed by atoms with Gasteiger partial charge in [0.2, 0.25) is 0 Å². The smallest absolute Gasteiger partial charge is 0.123 e. The first-order valence-corrected chi connectivity index (χ1v) is 4.84. The fraction of sp³-hybridized carbons (Fsp3) is 0.273. The lowest BCUT2D eigenvalue weighted by Crippen LogP contribution is -1.91. The molecule has 0 aliphatic carbocycles. The molecule has 0 saturated heterocycles. The van der Waals surface area contributed by atoms with Crippen LogP contribution in [0.4, 0.5) is 4.39 Å². The van der Waals surface area contributed by atoms with Crippen LogP contribution in [0.2, 0.25) is 0 Å². The van der Waals surface area contributed by atoms with E-state index in [2.05, 4.69) is 10.3 Å². The van der Waals surface area contributed by atoms with Crippen LogP contribution in [0.3, 0.4) is 0 Å². The molecule has 2 rings (SSSR count). The van der Waals surface area contributed by atoms with Gasteiger partial charge in [-0.3, -0.25) is 4.68 Å². The second kappa shape index (κ2) is 4.21. The molecule has 0 N–H and O–H groups in total. The van der Waals surface area contributed by atoms with Crippen molar-refractivity contribution in [3.63, 3.8) is 0 Å². The number of hydrogen-bond donors (Lipinski definition) is 0. The highest BCUT2D eigenvalue weighted by atomic mass is 19.1. The number of benzene rings is 1. The monoisotopic (exact) mass is 205 g/mol. The number of rotatable bonds is 3. The van der Waals surface area contributed by atoms with Gasteiger partial charge in [-0.2, -0.15) is 0 Å². The average molecular weight is 205 g/mol. The molecule has 0 unspecified atom stereocenters. The predicted octanol–water partition coefficient (Wildman–Crippen LogP) is 1.74. The zero-order valence-corrected chi connectivity index (χ0v) is 8.52. The Morgan fingerprint density at radius 1 is 1.20 bits per heavy atom. The highest BCUT2D eigenvalue weighted by Gasteiger charge is 1.99. The standard InChI is InChI=1S/C11H12FN3/c1-15-8-11(13-14-15)7-4-9-2-5-10(12)6-3-9/h2-3,5-6,8H,4,7H2,1H3. The highest BCUT2D eigenvalue weighted by Crippen LogP contribution is 2.06. The highest BCUT2D eigenvalue weighted by molar-refractivity contribution is 5.17. The molecule has 0 atom stereocenters. The van der Waals surface area contributed by atoms with Crippen molar-refractivity contribution in [2.24, 2.45) is 7.05 Å². The van der Waals surface area contributed by atoms with Gasteiger partial charge in [-0.15, -0.1) is 5.10 Å². The summed E-state index contributed by atoms with van der Waals surface area (Å²) in [5.74, 6) is -0.196. The maximum Gasteiger partial charge on any atom is 0.123 e. The first-order chi connectivity index (χ1) is 7.24. The van der Waals surface area contributed by atoms with E-state index in [9.17, 15) is 4.39 Å². The summed E-state index contributed by atoms with van der Waals surface area (Å²) in [5, 5.41) is 7.84. The van der Waals surface area contributed by atoms with Gasteiger partial charge in [-0.05, 0) is 30.5 Å². The molecule has 0 saturated carbocycles. The Hall–Kier alpha value is -1.71. The Kier molecular flexibility index (Phi) is 2.76. The third-order valence-electron chi connectivity index (χ3n) is 2.23. The molecule has 0 fully saturated rings. The van der Waals surface area contributed by atoms with E-state index in [4.69, 9.17) is 0 Å². The molecular weight excluding hydrogens is 193 g/mol. The van der Waals surface area contributed by atoms with Crippen molar-refractivity contribution in [3.05, 3.63) is 47.5 Å². The van der Waals surface area contributed by atoms with Crippen LogP contribution in [0.25, 0.3) is 0 Å². The van der Waals surface area contributed by atoms with Crippen molar-refractivity contribution in [2.45, 2.75) is 12.8 Å². The van der Waals surface area contributed by atoms with Crippen LogP contribution in [-0.4, -0.2) is 15.0 Å². The molecule has 0 spiro atoms. The van der Waals surface area contributed by atoms with Crippen molar-refractivity contribution < 1.29 is 4.39 Å². The zero-order chi connectivity index (χ0) is 10.7. The molecule has 0 radical (unpaired) electrons. The Morgan fingerprint density at radius 2 is 1.93 bits per heavy atom. The average Bonchev–Trinajstić information content (AvgIpc) is 2.64. The Morgan fingerprint density at radius 3 is 2.53 bits per heavy atom. The van der Waals surface area contributed by atoms with Gasteiger partial charge in [-0.1, -0.05) is 17.3 Å². The topological polar surface area (TPSA) is 30.7 Å². The van der Waals surface area contributed by atoms with Gasteiger partial charge in [0.15, 0.2) is 0 Å². The molecule has 0 aliphatic heterocycles. The predicted molar refractivity (Wildman–Crippen MR) is 54.8 cm³/mol. The van der Waals surface area contributed by atoms with E-state index in [0.29, 0.717) is 0 Å². The van der Waals surface area contributed by atoms with E-state index in [1.807, 2.05) is 13.2 Å². The molecule has 15 heavy (non-hydrogen) atoms. The van der Waals surface area contributed by atoms with Crippen LogP contribution in [0, 0.1) is 5.82 Å². The lowest BCUT2D eigenvalue weighted by Gasteiger charge is -1.98. The van der Waals surface area contributed by atoms with Crippen LogP contribution in [0.1, 0.15) is 11.3 Å². The van der Waals surface area contributed by atoms with E-state index >= 15 is 0 Å². The Bertz CT molecular complexity index is 433. The largest absolute Gasteiger partial charge is 0.255 e. The molecule has 0 bridgehead atoms. The minimum atomic E-state index is -0.196. The fourth-order valence-corrected chi connectivity index (χ4v) is 1.43. The number of hydrogen-bond acceptors (Lipinski definition) is 2. The molecule has 1 heterocycles. The summed E-state index contributed by atoms with van der Waals surface area (Å²) >= 11 is 0. The van der Waals surface area contributed by atoms with Gasteiger partial charge in [0.25, 0.3) is 0 Å². The third-order valence-corrected chi connectivity index (χ3v) is 2.23. The molecule has 1 aromatic heterocycles. The molecule has 78 valence electrons. The van der Waals surface area contributed by atoms with Crippen molar-refractivity contribution in [3.8, 4) is 0 Å². The summed E-state index contributed by atoms with van der Waals surface area (Å²) < 4.78 is 14.3. The maximum absolute atomic E-state index is 12.6. The molecule has 3 nitrogen and oxygen atoms in total. The van der Waals surface area contributed by atoms with E-state index in [1.165, 1.54) is 12.1 Å². The van der Waals surface area contributed by atoms with Crippen LogP contribution in [0.15, 0.2) is 30.5 Å². The van der Waals surface area contributed by atoms with Crippen molar-refractivity contribution >= 4 is 0 Å². The minimum Gasteiger partial charge on any atom is -0.255 e. The quantitative estimate of drug-likeness (QED) is 0.764. The Labute approximate surface area is 87.5 Å². The van der Waals surface area contributed by atoms with Crippen molar-refractivity contribution in [1.82, 2.24) is 15.0 Å². The van der Waals surface area contributed by atoms with Crippen LogP contribution in [0.5, 0.6) is 0 Å². The van der Waals surface area contributed by atoms with E-state index in [1.54, 1.807) is 16.8 Å². The number of aromatic nitrogens is 3. The molecule has 0 amide bonds. The van der Waals surface area contributed by atoms with Crippen molar-refractivity contribution in [2.75, 3.05) is 0 Å². The van der Waals surface area contributed by atoms with E-state index in [-0.39, 0.29) is 5.82 Å². The summed E-state index contributed by atoms with van der Waals surface area (Å²) in [4.78, 5) is 0. The van der Waals surface area contributed by atoms with Gasteiger partial charge in [0.05, 0.1) is 5.69 Å². The Balaban J connectivity index is 1.96. The normalized spacial score (nSPS) is 10.5. The van der Waals surface area contributed by atoms with Crippen LogP contribution < -0.4 is 0 Å². The first kappa shape index (κ1) is 9.83. The minimum absolute atomic E-state index is 0.196. The van der Waals surface area contributed by atoms with Crippen LogP contribution in [-0.2, 0) is 19.9 Å². The fourth-order valence-electron chi connectivity index (χ4n) is 1.43. The van der Waals surface area contributed by atoms with Gasteiger partial charge >= 0.3 is 0 Å². The summed E-state index contributed by atoms with van der Waals surface area (Å²) in [7, 11) is 1.84. The zero-order valence-electron chi connectivity index (χ0n) is 8.52. The van der Waals surface area contributed by atoms with Crippen LogP contribution >= 0.6 is 0 Å². The van der Waals surface area contributed by atoms with Gasteiger partial charge in [0.1, 0.15) is 5.82 Å². The summed E-state index contributed by atoms with van der Waals surface area (Å²) in [6.45, 7) is 0. The third kappa shape index (κ3) is 2.62. The molecule has 2 aromatic rings. The first-order valence-electron chi connectivity index (χ1n) is 4.84. The molecule has 4 heteroatoms. The summed E-state index contributed by atoms with van der Waals surface area (Å²) in [6, 6.07) is 6.55. The van der Waals surface area contributed by atoms with Crippen molar-refractivity contribution in [1.29, 1.82) is 0 Å². The number of nitrogens with zero attached hydrogens (tertiary/aromatic N) is 3. The number of halogens is 1. The maximum atomic E-state index is 12.6. The lowest BCUT2D eigenvalue weighted by atomic mass is 10.1. The summed E-state index contributed by atoms with van der Waals surface area (Å²) in [5.41, 5.74) is 2.07. The lowest BCUT2D eigenvalue weighted by molar-refractivity contribution is 0.627. The molecule has 1 aromatic carbocycles. The molecular formula is C11H12FN3. The van der Waals surface area contributed by atoms with Gasteiger partial charge < -0.3 is 0 Å². The summed E-state index contributed by atoms with van der Waals surface area (Å²) in [6.07, 6.45) is 3.59. The van der Waals surface area contributed by atoms with E-state index < -0.39 is 0 Å². The molecule has 0 aliphatic rings. The SMILES string of the molecule is Cn1cc(CCc2ccc(F)cc2)nn1. The van der Waals surface area contributed by atoms with Gasteiger partial charge in [0, 0.05) is 13.2 Å². The van der Waals surface area contributed by atoms with Gasteiger partial charge in [-0.25, -0.2) is 4.39 Å². The second-order valence-corrected chi connectivity index (χ2v) is 3.51. The second-order valence-electron chi connectivity index (χ2n) is 3.51.